The summed E-state index contributed by atoms with van der Waals surface area (Å²) in [6.45, 7) is 12.4. The number of likely N-dealkylation sites (N-methyl/N-ethyl adjacent to an activating group) is 1. The van der Waals surface area contributed by atoms with Crippen molar-refractivity contribution in [2.75, 3.05) is 26.2 Å². The van der Waals surface area contributed by atoms with Crippen molar-refractivity contribution in [2.45, 2.75) is 46.8 Å². The van der Waals surface area contributed by atoms with Gasteiger partial charge in [-0.1, -0.05) is 13.8 Å². The topological polar surface area (TPSA) is 83.2 Å². The Balaban J connectivity index is 2.01. The quantitative estimate of drug-likeness (QED) is 0.358. The number of aliphatic hydroxyl groups is 1. The average Bonchev–Trinajstić information content (AvgIpc) is 3.30. The highest BCUT2D eigenvalue weighted by Gasteiger charge is 2.47. The summed E-state index contributed by atoms with van der Waals surface area (Å²) >= 11 is 0. The number of carbonyl (C=O) groups is 2. The van der Waals surface area contributed by atoms with Crippen LogP contribution in [0.15, 0.2) is 46.4 Å². The Labute approximate surface area is 189 Å². The number of likely N-dealkylation sites (tertiary alicyclic amines) is 1. The van der Waals surface area contributed by atoms with Gasteiger partial charge in [0.1, 0.15) is 29.1 Å². The van der Waals surface area contributed by atoms with Crippen LogP contribution >= 0.6 is 0 Å². The highest BCUT2D eigenvalue weighted by Crippen LogP contribution is 2.40. The molecule has 32 heavy (non-hydrogen) atoms. The number of Topliss-reactive ketones (excluding diaryl/α,β-unsaturated/α-hetero) is 1. The minimum Gasteiger partial charge on any atom is -0.507 e. The van der Waals surface area contributed by atoms with Crippen LogP contribution in [0.2, 0.25) is 0 Å². The summed E-state index contributed by atoms with van der Waals surface area (Å²) in [6, 6.07) is 9.60. The predicted octanol–water partition coefficient (Wildman–Crippen LogP) is 4.14. The second-order valence-corrected chi connectivity index (χ2v) is 8.16. The monoisotopic (exact) mass is 440 g/mol. The summed E-state index contributed by atoms with van der Waals surface area (Å²) in [4.78, 5) is 29.7. The van der Waals surface area contributed by atoms with E-state index in [2.05, 4.69) is 18.7 Å². The van der Waals surface area contributed by atoms with Gasteiger partial charge in [0, 0.05) is 18.7 Å². The lowest BCUT2D eigenvalue weighted by Gasteiger charge is -2.26. The Kier molecular flexibility index (Phi) is 7.40. The standard InChI is InChI=1S/C25H32N2O5/c1-6-26(7-2)14-15-27-22(20-13-8-17(5)32-20)21(24(29)25(27)30)23(28)18-9-11-19(12-10-18)31-16(3)4/h8-13,16,22,28H,6-7,14-15H2,1-5H3/b23-21+. The third-order valence-electron chi connectivity index (χ3n) is 5.62. The van der Waals surface area contributed by atoms with Crippen LogP contribution in [-0.2, 0) is 9.59 Å². The van der Waals surface area contributed by atoms with E-state index in [9.17, 15) is 14.7 Å². The molecule has 1 saturated heterocycles. The summed E-state index contributed by atoms with van der Waals surface area (Å²) < 4.78 is 11.5. The zero-order valence-corrected chi connectivity index (χ0v) is 19.4. The first-order chi connectivity index (χ1) is 15.3. The molecule has 172 valence electrons. The van der Waals surface area contributed by atoms with Gasteiger partial charge in [-0.05, 0) is 70.3 Å². The number of hydrogen-bond donors (Lipinski definition) is 1. The number of carbonyl (C=O) groups excluding carboxylic acids is 2. The van der Waals surface area contributed by atoms with Gasteiger partial charge in [-0.2, -0.15) is 0 Å². The van der Waals surface area contributed by atoms with E-state index >= 15 is 0 Å². The van der Waals surface area contributed by atoms with Crippen molar-refractivity contribution in [1.29, 1.82) is 0 Å². The number of ether oxygens (including phenoxy) is 1. The first-order valence-corrected chi connectivity index (χ1v) is 11.1. The minimum absolute atomic E-state index is 0.0211. The van der Waals surface area contributed by atoms with Gasteiger partial charge in [0.15, 0.2) is 0 Å². The molecule has 2 heterocycles. The molecule has 1 unspecified atom stereocenters. The lowest BCUT2D eigenvalue weighted by Crippen LogP contribution is -2.37. The first-order valence-electron chi connectivity index (χ1n) is 11.1. The van der Waals surface area contributed by atoms with Gasteiger partial charge in [0.25, 0.3) is 11.7 Å². The van der Waals surface area contributed by atoms with Crippen molar-refractivity contribution >= 4 is 17.4 Å². The van der Waals surface area contributed by atoms with Gasteiger partial charge >= 0.3 is 0 Å². The van der Waals surface area contributed by atoms with Crippen LogP contribution < -0.4 is 4.74 Å². The fraction of sp³-hybridized carbons (Fsp3) is 0.440. The highest BCUT2D eigenvalue weighted by molar-refractivity contribution is 6.46. The number of aliphatic hydroxyl groups excluding tert-OH is 1. The molecule has 2 aromatic rings. The highest BCUT2D eigenvalue weighted by atomic mass is 16.5. The third kappa shape index (κ3) is 4.88. The van der Waals surface area contributed by atoms with E-state index in [0.29, 0.717) is 35.9 Å². The number of furan rings is 1. The van der Waals surface area contributed by atoms with Crippen molar-refractivity contribution in [3.8, 4) is 5.75 Å². The van der Waals surface area contributed by atoms with Crippen LogP contribution in [0.1, 0.15) is 50.8 Å². The molecule has 3 rings (SSSR count). The van der Waals surface area contributed by atoms with E-state index in [0.717, 1.165) is 13.1 Å². The largest absolute Gasteiger partial charge is 0.507 e. The number of benzene rings is 1. The number of aryl methyl sites for hydroxylation is 1. The van der Waals surface area contributed by atoms with Gasteiger partial charge in [-0.15, -0.1) is 0 Å². The van der Waals surface area contributed by atoms with E-state index < -0.39 is 17.7 Å². The molecular weight excluding hydrogens is 408 g/mol. The average molecular weight is 441 g/mol. The van der Waals surface area contributed by atoms with Gasteiger partial charge in [-0.3, -0.25) is 9.59 Å². The second kappa shape index (κ2) is 10.0. The summed E-state index contributed by atoms with van der Waals surface area (Å²) in [5, 5.41) is 11.1. The summed E-state index contributed by atoms with van der Waals surface area (Å²) in [6.07, 6.45) is 0.0211. The van der Waals surface area contributed by atoms with Crippen molar-refractivity contribution in [3.05, 3.63) is 59.1 Å². The number of nitrogens with zero attached hydrogens (tertiary/aromatic N) is 2. The summed E-state index contributed by atoms with van der Waals surface area (Å²) in [7, 11) is 0. The molecular formula is C25H32N2O5. The summed E-state index contributed by atoms with van der Waals surface area (Å²) in [5.41, 5.74) is 0.484. The number of rotatable bonds is 9. The van der Waals surface area contributed by atoms with Gasteiger partial charge < -0.3 is 24.1 Å². The second-order valence-electron chi connectivity index (χ2n) is 8.16. The van der Waals surface area contributed by atoms with Crippen molar-refractivity contribution < 1.29 is 23.8 Å². The Bertz CT molecular complexity index is 986. The van der Waals surface area contributed by atoms with Crippen molar-refractivity contribution in [1.82, 2.24) is 9.80 Å². The maximum absolute atomic E-state index is 13.0. The number of amides is 1. The van der Waals surface area contributed by atoms with Crippen LogP contribution in [0.4, 0.5) is 0 Å². The van der Waals surface area contributed by atoms with E-state index in [1.165, 1.54) is 4.90 Å². The Morgan fingerprint density at radius 2 is 1.78 bits per heavy atom. The normalized spacial score (nSPS) is 18.2. The molecule has 0 aliphatic carbocycles. The molecule has 7 nitrogen and oxygen atoms in total. The molecule has 1 atom stereocenters. The molecule has 1 aromatic heterocycles. The van der Waals surface area contributed by atoms with Crippen LogP contribution in [0.5, 0.6) is 5.75 Å². The maximum Gasteiger partial charge on any atom is 0.295 e. The maximum atomic E-state index is 13.0. The van der Waals surface area contributed by atoms with Gasteiger partial charge in [-0.25, -0.2) is 0 Å². The molecule has 1 fully saturated rings. The molecule has 0 bridgehead atoms. The SMILES string of the molecule is CCN(CC)CCN1C(=O)C(=O)/C(=C(/O)c2ccc(OC(C)C)cc2)C1c1ccc(C)o1. The molecule has 1 aliphatic rings. The van der Waals surface area contributed by atoms with E-state index in [-0.39, 0.29) is 17.4 Å². The molecule has 1 N–H and O–H groups in total. The van der Waals surface area contributed by atoms with Gasteiger partial charge in [0.2, 0.25) is 0 Å². The van der Waals surface area contributed by atoms with Crippen molar-refractivity contribution in [2.24, 2.45) is 0 Å². The van der Waals surface area contributed by atoms with Crippen LogP contribution in [-0.4, -0.2) is 58.9 Å². The fourth-order valence-corrected chi connectivity index (χ4v) is 3.91. The lowest BCUT2D eigenvalue weighted by atomic mass is 9.99. The Morgan fingerprint density at radius 3 is 2.31 bits per heavy atom. The van der Waals surface area contributed by atoms with Crippen molar-refractivity contribution in [3.63, 3.8) is 0 Å². The van der Waals surface area contributed by atoms with Crippen LogP contribution in [0.25, 0.3) is 5.76 Å². The smallest absolute Gasteiger partial charge is 0.295 e. The Morgan fingerprint density at radius 1 is 1.12 bits per heavy atom. The molecule has 0 saturated carbocycles. The molecule has 1 amide bonds. The fourth-order valence-electron chi connectivity index (χ4n) is 3.91. The van der Waals surface area contributed by atoms with Crippen LogP contribution in [0, 0.1) is 6.92 Å². The Hall–Kier alpha value is -3.06. The predicted molar refractivity (Wildman–Crippen MR) is 122 cm³/mol. The molecule has 0 radical (unpaired) electrons. The molecule has 1 aromatic carbocycles. The molecule has 0 spiro atoms. The van der Waals surface area contributed by atoms with E-state index in [1.807, 2.05) is 13.8 Å². The zero-order chi connectivity index (χ0) is 23.4. The van der Waals surface area contributed by atoms with Gasteiger partial charge in [0.05, 0.1) is 11.7 Å². The molecule has 7 heteroatoms. The minimum atomic E-state index is -0.772. The lowest BCUT2D eigenvalue weighted by molar-refractivity contribution is -0.140. The number of hydrogen-bond acceptors (Lipinski definition) is 6. The number of ketones is 1. The van der Waals surface area contributed by atoms with E-state index in [1.54, 1.807) is 43.3 Å². The third-order valence-corrected chi connectivity index (χ3v) is 5.62. The summed E-state index contributed by atoms with van der Waals surface area (Å²) in [5.74, 6) is 0.242. The first kappa shape index (κ1) is 23.6. The zero-order valence-electron chi connectivity index (χ0n) is 19.4. The molecule has 1 aliphatic heterocycles. The van der Waals surface area contributed by atoms with E-state index in [4.69, 9.17) is 9.15 Å². The van der Waals surface area contributed by atoms with Crippen LogP contribution in [0.3, 0.4) is 0 Å².